The Morgan fingerprint density at radius 3 is 2.14 bits per heavy atom. The first-order chi connectivity index (χ1) is 20.1. The van der Waals surface area contributed by atoms with Crippen LogP contribution in [0.4, 0.5) is 4.39 Å². The van der Waals surface area contributed by atoms with E-state index in [0.717, 1.165) is 29.7 Å². The summed E-state index contributed by atoms with van der Waals surface area (Å²) < 4.78 is 66.8. The van der Waals surface area contributed by atoms with Gasteiger partial charge in [-0.1, -0.05) is 27.7 Å². The molecule has 2 N–H and O–H groups in total. The molecule has 1 saturated carbocycles. The van der Waals surface area contributed by atoms with Gasteiger partial charge in [-0.25, -0.2) is 18.4 Å². The van der Waals surface area contributed by atoms with Crippen LogP contribution in [0.15, 0.2) is 21.9 Å². The highest BCUT2D eigenvalue weighted by Gasteiger charge is 2.61. The Kier molecular flexibility index (Phi) is 11.8. The number of aromatic amines is 1. The Morgan fingerprint density at radius 2 is 1.65 bits per heavy atom. The molecule has 0 bridgehead atoms. The van der Waals surface area contributed by atoms with Crippen molar-refractivity contribution in [2.24, 2.45) is 17.8 Å². The van der Waals surface area contributed by atoms with Crippen LogP contribution < -0.4 is 11.2 Å². The standard InChI is InChI=1S/C26H40FN2O13P/c1-16(2)21(31)36-14-39-43(35,40-15-37-22(32)17(3)4)38-13-18(12-27)20-25(5,42-26(41-20)9-6-7-10-26)23(33)29-11-8-19(30)28-24(29)34/h8,11,16-18,20,23,33H,6-7,9-10,12-15H2,1-5H3,(H,28,30,34)/t18-,20+,23+,25+/m0/s1. The van der Waals surface area contributed by atoms with Gasteiger partial charge in [-0.15, -0.1) is 0 Å². The van der Waals surface area contributed by atoms with Crippen LogP contribution in [0.1, 0.15) is 66.5 Å². The van der Waals surface area contributed by atoms with E-state index in [-0.39, 0.29) is 0 Å². The van der Waals surface area contributed by atoms with Crippen LogP contribution in [0.5, 0.6) is 0 Å². The summed E-state index contributed by atoms with van der Waals surface area (Å²) in [7, 11) is -4.65. The number of nitrogens with zero attached hydrogens (tertiary/aromatic N) is 1. The lowest BCUT2D eigenvalue weighted by atomic mass is 9.87. The van der Waals surface area contributed by atoms with E-state index in [9.17, 15) is 33.2 Å². The second-order valence-corrected chi connectivity index (χ2v) is 12.9. The molecule has 1 aromatic rings. The van der Waals surface area contributed by atoms with Gasteiger partial charge in [-0.05, 0) is 19.8 Å². The summed E-state index contributed by atoms with van der Waals surface area (Å²) in [5, 5.41) is 11.3. The molecule has 2 heterocycles. The van der Waals surface area contributed by atoms with E-state index in [2.05, 4.69) is 0 Å². The van der Waals surface area contributed by atoms with Crippen LogP contribution in [-0.4, -0.2) is 71.0 Å². The van der Waals surface area contributed by atoms with E-state index in [0.29, 0.717) is 12.8 Å². The summed E-state index contributed by atoms with van der Waals surface area (Å²) in [5.41, 5.74) is -3.37. The second kappa shape index (κ2) is 14.5. The Balaban J connectivity index is 1.84. The Bertz CT molecular complexity index is 1250. The third-order valence-electron chi connectivity index (χ3n) is 7.15. The largest absolute Gasteiger partial charge is 0.480 e. The third kappa shape index (κ3) is 8.59. The minimum atomic E-state index is -4.65. The number of hydrogen-bond donors (Lipinski definition) is 2. The topological polar surface area (TPSA) is 191 Å². The average molecular weight is 639 g/mol. The van der Waals surface area contributed by atoms with Gasteiger partial charge >= 0.3 is 25.5 Å². The number of phosphoric acid groups is 1. The van der Waals surface area contributed by atoms with E-state index in [1.807, 2.05) is 4.98 Å². The van der Waals surface area contributed by atoms with Gasteiger partial charge in [0.15, 0.2) is 12.0 Å². The number of nitrogens with one attached hydrogen (secondary N) is 1. The number of carbonyl (C=O) groups excluding carboxylic acids is 2. The Hall–Kier alpha value is -2.46. The first kappa shape index (κ1) is 35.0. The fraction of sp³-hybridized carbons (Fsp3) is 0.769. The number of aliphatic hydroxyl groups excluding tert-OH is 1. The zero-order valence-electron chi connectivity index (χ0n) is 24.8. The minimum Gasteiger partial charge on any atom is -0.438 e. The molecule has 43 heavy (non-hydrogen) atoms. The highest BCUT2D eigenvalue weighted by Crippen LogP contribution is 2.53. The van der Waals surface area contributed by atoms with Crippen LogP contribution in [0.25, 0.3) is 0 Å². The van der Waals surface area contributed by atoms with Gasteiger partial charge in [-0.2, -0.15) is 0 Å². The van der Waals surface area contributed by atoms with E-state index < -0.39 is 99.4 Å². The Labute approximate surface area is 247 Å². The number of H-pyrrole nitrogens is 1. The smallest absolute Gasteiger partial charge is 0.438 e. The summed E-state index contributed by atoms with van der Waals surface area (Å²) in [4.78, 5) is 49.8. The number of phosphoric ester groups is 1. The lowest BCUT2D eigenvalue weighted by molar-refractivity contribution is -0.208. The van der Waals surface area contributed by atoms with E-state index in [4.69, 9.17) is 32.5 Å². The fourth-order valence-corrected chi connectivity index (χ4v) is 5.73. The summed E-state index contributed by atoms with van der Waals surface area (Å²) in [6.07, 6.45) is 0.380. The van der Waals surface area contributed by atoms with Crippen LogP contribution in [0, 0.1) is 17.8 Å². The molecule has 4 atom stereocenters. The van der Waals surface area contributed by atoms with Crippen LogP contribution in [-0.2, 0) is 46.7 Å². The van der Waals surface area contributed by atoms with Gasteiger partial charge in [0.25, 0.3) is 5.56 Å². The summed E-state index contributed by atoms with van der Waals surface area (Å²) >= 11 is 0. The number of aliphatic hydroxyl groups is 1. The predicted octanol–water partition coefficient (Wildman–Crippen LogP) is 2.53. The van der Waals surface area contributed by atoms with Gasteiger partial charge in [0.05, 0.1) is 25.1 Å². The third-order valence-corrected chi connectivity index (χ3v) is 8.45. The quantitative estimate of drug-likeness (QED) is 0.162. The van der Waals surface area contributed by atoms with E-state index >= 15 is 0 Å². The van der Waals surface area contributed by atoms with Gasteiger partial charge in [0, 0.05) is 31.0 Å². The number of hydrogen-bond acceptors (Lipinski definition) is 13. The molecular weight excluding hydrogens is 598 g/mol. The molecular formula is C26H40FN2O13P. The molecule has 1 aliphatic carbocycles. The number of rotatable bonds is 15. The van der Waals surface area contributed by atoms with Gasteiger partial charge in [0.2, 0.25) is 13.6 Å². The van der Waals surface area contributed by atoms with Gasteiger partial charge < -0.3 is 24.1 Å². The van der Waals surface area contributed by atoms with Crippen molar-refractivity contribution in [3.05, 3.63) is 33.1 Å². The second-order valence-electron chi connectivity index (χ2n) is 11.2. The highest BCUT2D eigenvalue weighted by atomic mass is 31.2. The molecule has 2 aliphatic rings. The van der Waals surface area contributed by atoms with Crippen LogP contribution in [0.2, 0.25) is 0 Å². The molecule has 1 saturated heterocycles. The van der Waals surface area contributed by atoms with Crippen molar-refractivity contribution in [3.8, 4) is 0 Å². The summed E-state index contributed by atoms with van der Waals surface area (Å²) in [6, 6.07) is 1.03. The SMILES string of the molecule is CC(C)C(=O)OCOP(=O)(OCOC(=O)C(C)C)OC[C@H](CF)[C@H]1OC2(CCCC2)O[C@@]1(C)[C@@H](O)n1ccc(=O)[nH]c1=O. The van der Waals surface area contributed by atoms with E-state index in [1.54, 1.807) is 27.7 Å². The first-order valence-corrected chi connectivity index (χ1v) is 15.4. The van der Waals surface area contributed by atoms with Crippen molar-refractivity contribution < 1.29 is 56.2 Å². The molecule has 3 rings (SSSR count). The summed E-state index contributed by atoms with van der Waals surface area (Å²) in [5.74, 6) is -4.83. The molecule has 0 radical (unpaired) electrons. The molecule has 1 aliphatic heterocycles. The van der Waals surface area contributed by atoms with E-state index in [1.165, 1.54) is 6.92 Å². The van der Waals surface area contributed by atoms with Gasteiger partial charge in [0.1, 0.15) is 11.7 Å². The molecule has 2 fully saturated rings. The highest BCUT2D eigenvalue weighted by molar-refractivity contribution is 7.48. The van der Waals surface area contributed by atoms with Crippen molar-refractivity contribution in [2.45, 2.75) is 84.0 Å². The van der Waals surface area contributed by atoms with Crippen LogP contribution >= 0.6 is 7.82 Å². The lowest BCUT2D eigenvalue weighted by Gasteiger charge is -2.37. The molecule has 15 nitrogen and oxygen atoms in total. The molecule has 1 spiro atoms. The monoisotopic (exact) mass is 638 g/mol. The number of ether oxygens (including phenoxy) is 4. The van der Waals surface area contributed by atoms with Gasteiger partial charge in [-0.3, -0.25) is 32.8 Å². The maximum absolute atomic E-state index is 14.7. The minimum absolute atomic E-state index is 0.430. The predicted molar refractivity (Wildman–Crippen MR) is 145 cm³/mol. The number of halogens is 1. The molecule has 0 unspecified atom stereocenters. The van der Waals surface area contributed by atoms with Crippen LogP contribution in [0.3, 0.4) is 0 Å². The Morgan fingerprint density at radius 1 is 1.09 bits per heavy atom. The van der Waals surface area contributed by atoms with Crippen molar-refractivity contribution in [3.63, 3.8) is 0 Å². The van der Waals surface area contributed by atoms with Crippen molar-refractivity contribution in [1.29, 1.82) is 0 Å². The number of alkyl halides is 1. The fourth-order valence-electron chi connectivity index (χ4n) is 4.77. The molecule has 17 heteroatoms. The molecule has 244 valence electrons. The van der Waals surface area contributed by atoms with Crippen molar-refractivity contribution in [1.82, 2.24) is 9.55 Å². The van der Waals surface area contributed by atoms with Crippen molar-refractivity contribution >= 4 is 19.8 Å². The summed E-state index contributed by atoms with van der Waals surface area (Å²) in [6.45, 7) is 4.21. The zero-order chi connectivity index (χ0) is 32.0. The average Bonchev–Trinajstić information content (AvgIpc) is 3.52. The normalized spacial score (nSPS) is 23.1. The molecule has 1 aromatic heterocycles. The maximum atomic E-state index is 14.7. The first-order valence-electron chi connectivity index (χ1n) is 14.0. The maximum Gasteiger partial charge on any atom is 0.480 e. The zero-order valence-corrected chi connectivity index (χ0v) is 25.7. The van der Waals surface area contributed by atoms with Crippen molar-refractivity contribution in [2.75, 3.05) is 26.9 Å². The molecule has 0 amide bonds. The number of carbonyl (C=O) groups is 2. The molecule has 0 aromatic carbocycles. The number of aromatic nitrogens is 2. The number of esters is 2. The lowest BCUT2D eigenvalue weighted by Crippen LogP contribution is -2.52.